The summed E-state index contributed by atoms with van der Waals surface area (Å²) in [5, 5.41) is 22.2. The Kier molecular flexibility index (Phi) is 5.46. The fourth-order valence-corrected chi connectivity index (χ4v) is 2.39. The Morgan fingerprint density at radius 1 is 1.33 bits per heavy atom. The molecule has 2 atom stereocenters. The van der Waals surface area contributed by atoms with Crippen LogP contribution >= 0.6 is 11.3 Å². The van der Waals surface area contributed by atoms with Crippen LogP contribution in [0.3, 0.4) is 0 Å². The molecule has 1 aromatic rings. The van der Waals surface area contributed by atoms with E-state index in [9.17, 15) is 19.8 Å². The van der Waals surface area contributed by atoms with E-state index in [0.29, 0.717) is 16.3 Å². The first-order valence-electron chi connectivity index (χ1n) is 5.63. The molecule has 18 heavy (non-hydrogen) atoms. The molecule has 2 unspecified atom stereocenters. The predicted molar refractivity (Wildman–Crippen MR) is 68.6 cm³/mol. The molecule has 6 heteroatoms. The number of thiophene rings is 1. The first kappa shape index (κ1) is 14.8. The molecule has 1 amide bonds. The minimum absolute atomic E-state index is 0.0637. The van der Waals surface area contributed by atoms with E-state index in [1.165, 1.54) is 25.2 Å². The molecule has 1 aromatic heterocycles. The second-order valence-electron chi connectivity index (χ2n) is 4.04. The van der Waals surface area contributed by atoms with Gasteiger partial charge in [0, 0.05) is 18.3 Å². The molecule has 5 nitrogen and oxygen atoms in total. The Balaban J connectivity index is 2.53. The molecule has 0 bridgehead atoms. The molecule has 100 valence electrons. The van der Waals surface area contributed by atoms with Gasteiger partial charge in [-0.15, -0.1) is 11.3 Å². The Hall–Kier alpha value is -1.24. The van der Waals surface area contributed by atoms with Crippen LogP contribution in [-0.2, 0) is 4.79 Å². The highest BCUT2D eigenvalue weighted by Gasteiger charge is 2.20. The highest BCUT2D eigenvalue weighted by molar-refractivity contribution is 7.14. The number of Topliss-reactive ketones (excluding diaryl/α,β-unsaturated/α-hetero) is 1. The van der Waals surface area contributed by atoms with E-state index in [2.05, 4.69) is 5.32 Å². The quantitative estimate of drug-likeness (QED) is 0.670. The molecule has 0 fully saturated rings. The second-order valence-corrected chi connectivity index (χ2v) is 5.16. The molecule has 0 spiro atoms. The number of hydrogen-bond donors (Lipinski definition) is 3. The summed E-state index contributed by atoms with van der Waals surface area (Å²) >= 11 is 1.17. The monoisotopic (exact) mass is 271 g/mol. The van der Waals surface area contributed by atoms with Gasteiger partial charge in [-0.05, 0) is 25.5 Å². The van der Waals surface area contributed by atoms with E-state index in [1.54, 1.807) is 12.1 Å². The van der Waals surface area contributed by atoms with E-state index in [1.807, 2.05) is 0 Å². The van der Waals surface area contributed by atoms with Crippen molar-refractivity contribution >= 4 is 23.0 Å². The van der Waals surface area contributed by atoms with Crippen molar-refractivity contribution in [3.8, 4) is 0 Å². The van der Waals surface area contributed by atoms with Gasteiger partial charge in [-0.3, -0.25) is 9.59 Å². The number of carbonyl (C=O) groups excluding carboxylic acids is 2. The van der Waals surface area contributed by atoms with Crippen LogP contribution < -0.4 is 5.32 Å². The topological polar surface area (TPSA) is 86.6 Å². The van der Waals surface area contributed by atoms with Gasteiger partial charge in [0.1, 0.15) is 6.10 Å². The Labute approximate surface area is 109 Å². The van der Waals surface area contributed by atoms with Gasteiger partial charge in [0.25, 0.3) is 0 Å². The number of nitrogens with one attached hydrogen (secondary N) is 1. The minimum atomic E-state index is -1.03. The summed E-state index contributed by atoms with van der Waals surface area (Å²) in [6.45, 7) is 3.15. The molecular weight excluding hydrogens is 254 g/mol. The number of hydrogen-bond acceptors (Lipinski definition) is 5. The third-order valence-corrected chi connectivity index (χ3v) is 3.70. The van der Waals surface area contributed by atoms with Crippen LogP contribution in [-0.4, -0.2) is 34.6 Å². The van der Waals surface area contributed by atoms with Crippen LogP contribution in [0.15, 0.2) is 12.1 Å². The van der Waals surface area contributed by atoms with Gasteiger partial charge in [0.05, 0.1) is 11.0 Å². The Bertz CT molecular complexity index is 429. The molecule has 0 saturated carbocycles. The van der Waals surface area contributed by atoms with Crippen molar-refractivity contribution in [3.63, 3.8) is 0 Å². The summed E-state index contributed by atoms with van der Waals surface area (Å²) in [4.78, 5) is 22.9. The van der Waals surface area contributed by atoms with Crippen molar-refractivity contribution in [2.24, 2.45) is 0 Å². The van der Waals surface area contributed by atoms with Crippen LogP contribution in [0.4, 0.5) is 0 Å². The molecule has 1 heterocycles. The maximum Gasteiger partial charge on any atom is 0.216 e. The lowest BCUT2D eigenvalue weighted by Gasteiger charge is -2.16. The van der Waals surface area contributed by atoms with Crippen molar-refractivity contribution in [2.75, 3.05) is 6.54 Å². The second kappa shape index (κ2) is 6.63. The smallest absolute Gasteiger partial charge is 0.216 e. The van der Waals surface area contributed by atoms with Gasteiger partial charge in [-0.25, -0.2) is 0 Å². The lowest BCUT2D eigenvalue weighted by atomic mass is 10.1. The molecule has 0 aliphatic rings. The fourth-order valence-electron chi connectivity index (χ4n) is 1.44. The number of rotatable bonds is 6. The predicted octanol–water partition coefficient (Wildman–Crippen LogP) is 0.871. The number of ketones is 1. The Morgan fingerprint density at radius 3 is 2.50 bits per heavy atom. The average Bonchev–Trinajstić information content (AvgIpc) is 2.76. The van der Waals surface area contributed by atoms with Gasteiger partial charge >= 0.3 is 0 Å². The highest BCUT2D eigenvalue weighted by Crippen LogP contribution is 2.26. The number of amides is 1. The maximum absolute atomic E-state index is 11.1. The molecule has 0 aliphatic carbocycles. The first-order chi connectivity index (χ1) is 8.41. The van der Waals surface area contributed by atoms with Crippen LogP contribution in [0, 0.1) is 0 Å². The molecule has 0 aromatic carbocycles. The lowest BCUT2D eigenvalue weighted by Crippen LogP contribution is -2.27. The zero-order chi connectivity index (χ0) is 13.7. The fraction of sp³-hybridized carbons (Fsp3) is 0.500. The highest BCUT2D eigenvalue weighted by atomic mass is 32.1. The number of aliphatic hydroxyl groups excluding tert-OH is 2. The molecular formula is C12H17NO4S. The molecule has 0 radical (unpaired) electrons. The zero-order valence-corrected chi connectivity index (χ0v) is 11.2. The van der Waals surface area contributed by atoms with Gasteiger partial charge in [0.2, 0.25) is 5.91 Å². The zero-order valence-electron chi connectivity index (χ0n) is 10.3. The standard InChI is InChI=1S/C12H17NO4S/c1-7(14)10-3-4-11(18-10)12(17)9(16)5-6-13-8(2)15/h3-4,9,12,16-17H,5-6H2,1-2H3,(H,13,15). The summed E-state index contributed by atoms with van der Waals surface area (Å²) in [6.07, 6.45) is -1.74. The molecule has 1 rings (SSSR count). The summed E-state index contributed by atoms with van der Waals surface area (Å²) in [5.74, 6) is -0.238. The molecule has 0 saturated heterocycles. The first-order valence-corrected chi connectivity index (χ1v) is 6.44. The molecule has 3 N–H and O–H groups in total. The van der Waals surface area contributed by atoms with E-state index in [4.69, 9.17) is 0 Å². The van der Waals surface area contributed by atoms with Gasteiger partial charge < -0.3 is 15.5 Å². The van der Waals surface area contributed by atoms with Crippen LogP contribution in [0.25, 0.3) is 0 Å². The van der Waals surface area contributed by atoms with E-state index >= 15 is 0 Å². The van der Waals surface area contributed by atoms with Crippen molar-refractivity contribution in [1.82, 2.24) is 5.32 Å². The van der Waals surface area contributed by atoms with Crippen LogP contribution in [0.1, 0.15) is 40.9 Å². The van der Waals surface area contributed by atoms with Crippen LogP contribution in [0.2, 0.25) is 0 Å². The summed E-state index contributed by atoms with van der Waals surface area (Å²) in [6, 6.07) is 3.26. The van der Waals surface area contributed by atoms with Gasteiger partial charge in [-0.1, -0.05) is 0 Å². The Morgan fingerprint density at radius 2 is 2.00 bits per heavy atom. The molecule has 0 aliphatic heterocycles. The average molecular weight is 271 g/mol. The maximum atomic E-state index is 11.1. The SMILES string of the molecule is CC(=O)NCCC(O)C(O)c1ccc(C(C)=O)s1. The third kappa shape index (κ3) is 4.21. The minimum Gasteiger partial charge on any atom is -0.390 e. The van der Waals surface area contributed by atoms with Gasteiger partial charge in [0.15, 0.2) is 5.78 Å². The third-order valence-electron chi connectivity index (χ3n) is 2.44. The van der Waals surface area contributed by atoms with Crippen molar-refractivity contribution in [3.05, 3.63) is 21.9 Å². The lowest BCUT2D eigenvalue weighted by molar-refractivity contribution is -0.119. The van der Waals surface area contributed by atoms with Crippen molar-refractivity contribution in [2.45, 2.75) is 32.5 Å². The summed E-state index contributed by atoms with van der Waals surface area (Å²) in [5.41, 5.74) is 0. The van der Waals surface area contributed by atoms with Crippen molar-refractivity contribution < 1.29 is 19.8 Å². The van der Waals surface area contributed by atoms with Gasteiger partial charge in [-0.2, -0.15) is 0 Å². The number of carbonyl (C=O) groups is 2. The normalized spacial score (nSPS) is 14.0. The summed E-state index contributed by atoms with van der Waals surface area (Å²) < 4.78 is 0. The summed E-state index contributed by atoms with van der Waals surface area (Å²) in [7, 11) is 0. The van der Waals surface area contributed by atoms with E-state index in [0.717, 1.165) is 0 Å². The largest absolute Gasteiger partial charge is 0.390 e. The van der Waals surface area contributed by atoms with Crippen molar-refractivity contribution in [1.29, 1.82) is 0 Å². The van der Waals surface area contributed by atoms with Crippen LogP contribution in [0.5, 0.6) is 0 Å². The van der Waals surface area contributed by atoms with E-state index < -0.39 is 12.2 Å². The van der Waals surface area contributed by atoms with E-state index in [-0.39, 0.29) is 18.1 Å². The number of aliphatic hydroxyl groups is 2.